The molecule has 0 radical (unpaired) electrons. The summed E-state index contributed by atoms with van der Waals surface area (Å²) in [6, 6.07) is 4.76. The van der Waals surface area contributed by atoms with E-state index in [1.165, 1.54) is 6.08 Å². The maximum Gasteiger partial charge on any atom is 0.255 e. The van der Waals surface area contributed by atoms with Crippen LogP contribution in [0, 0.1) is 0 Å². The number of amides is 1. The Morgan fingerprint density at radius 3 is 2.60 bits per heavy atom. The SMILES string of the molecule is O=C(/C=C/c1ccc(Cl)c(Cl)c1)N(CCO)CC(F)F. The van der Waals surface area contributed by atoms with Crippen molar-refractivity contribution in [3.63, 3.8) is 0 Å². The first-order valence-corrected chi connectivity index (χ1v) is 6.50. The van der Waals surface area contributed by atoms with Gasteiger partial charge in [0.25, 0.3) is 6.43 Å². The van der Waals surface area contributed by atoms with Gasteiger partial charge in [-0.25, -0.2) is 8.78 Å². The van der Waals surface area contributed by atoms with Gasteiger partial charge in [-0.3, -0.25) is 4.79 Å². The fourth-order valence-electron chi connectivity index (χ4n) is 1.47. The Hall–Kier alpha value is -1.17. The number of aliphatic hydroxyl groups is 1. The van der Waals surface area contributed by atoms with Crippen molar-refractivity contribution >= 4 is 35.2 Å². The Balaban J connectivity index is 2.75. The van der Waals surface area contributed by atoms with Crippen LogP contribution in [0.3, 0.4) is 0 Å². The van der Waals surface area contributed by atoms with E-state index in [0.29, 0.717) is 15.6 Å². The fraction of sp³-hybridized carbons (Fsp3) is 0.308. The molecule has 1 aromatic rings. The van der Waals surface area contributed by atoms with E-state index in [2.05, 4.69) is 0 Å². The Labute approximate surface area is 125 Å². The Bertz CT molecular complexity index is 495. The number of hydrogen-bond donors (Lipinski definition) is 1. The molecule has 0 fully saturated rings. The summed E-state index contributed by atoms with van der Waals surface area (Å²) >= 11 is 11.6. The maximum atomic E-state index is 12.3. The van der Waals surface area contributed by atoms with Crippen LogP contribution in [0.4, 0.5) is 8.78 Å². The molecule has 0 atom stereocenters. The van der Waals surface area contributed by atoms with Gasteiger partial charge in [0, 0.05) is 12.6 Å². The minimum absolute atomic E-state index is 0.144. The highest BCUT2D eigenvalue weighted by atomic mass is 35.5. The zero-order valence-electron chi connectivity index (χ0n) is 10.4. The second-order valence-corrected chi connectivity index (χ2v) is 4.72. The van der Waals surface area contributed by atoms with Gasteiger partial charge in [0.15, 0.2) is 0 Å². The van der Waals surface area contributed by atoms with Crippen LogP contribution in [0.5, 0.6) is 0 Å². The van der Waals surface area contributed by atoms with E-state index in [9.17, 15) is 13.6 Å². The molecular weight excluding hydrogens is 311 g/mol. The average molecular weight is 324 g/mol. The topological polar surface area (TPSA) is 40.5 Å². The molecule has 0 bridgehead atoms. The monoisotopic (exact) mass is 323 g/mol. The van der Waals surface area contributed by atoms with Crippen molar-refractivity contribution in [1.82, 2.24) is 4.90 Å². The molecule has 0 spiro atoms. The zero-order valence-corrected chi connectivity index (χ0v) is 11.9. The standard InChI is InChI=1S/C13H13Cl2F2NO2/c14-10-3-1-9(7-11(10)15)2-4-13(20)18(5-6-19)8-12(16)17/h1-4,7,12,19H,5-6,8H2/b4-2+. The lowest BCUT2D eigenvalue weighted by Gasteiger charge is -2.19. The van der Waals surface area contributed by atoms with Crippen molar-refractivity contribution < 1.29 is 18.7 Å². The van der Waals surface area contributed by atoms with Crippen molar-refractivity contribution in [2.45, 2.75) is 6.43 Å². The predicted molar refractivity (Wildman–Crippen MR) is 75.2 cm³/mol. The smallest absolute Gasteiger partial charge is 0.255 e. The molecule has 20 heavy (non-hydrogen) atoms. The molecule has 0 aliphatic rings. The minimum atomic E-state index is -2.65. The summed E-state index contributed by atoms with van der Waals surface area (Å²) < 4.78 is 24.6. The molecule has 1 rings (SSSR count). The fourth-order valence-corrected chi connectivity index (χ4v) is 1.77. The molecule has 1 N–H and O–H groups in total. The molecule has 0 aliphatic carbocycles. The number of halogens is 4. The third-order valence-corrected chi connectivity index (χ3v) is 3.14. The second-order valence-electron chi connectivity index (χ2n) is 3.91. The van der Waals surface area contributed by atoms with E-state index < -0.39 is 18.9 Å². The van der Waals surface area contributed by atoms with E-state index in [-0.39, 0.29) is 13.2 Å². The molecule has 3 nitrogen and oxygen atoms in total. The Kier molecular flexibility index (Phi) is 6.91. The first kappa shape index (κ1) is 16.9. The van der Waals surface area contributed by atoms with Gasteiger partial charge in [0.05, 0.1) is 23.2 Å². The number of benzene rings is 1. The van der Waals surface area contributed by atoms with Gasteiger partial charge in [-0.15, -0.1) is 0 Å². The van der Waals surface area contributed by atoms with Gasteiger partial charge in [-0.1, -0.05) is 29.3 Å². The van der Waals surface area contributed by atoms with Gasteiger partial charge < -0.3 is 10.0 Å². The summed E-state index contributed by atoms with van der Waals surface area (Å²) in [5.74, 6) is -0.606. The third-order valence-electron chi connectivity index (χ3n) is 2.40. The molecule has 1 amide bonds. The van der Waals surface area contributed by atoms with E-state index >= 15 is 0 Å². The summed E-state index contributed by atoms with van der Waals surface area (Å²) in [5, 5.41) is 9.47. The number of aliphatic hydroxyl groups excluding tert-OH is 1. The third kappa shape index (κ3) is 5.45. The molecule has 1 aromatic carbocycles. The molecule has 0 saturated carbocycles. The number of alkyl halides is 2. The number of rotatable bonds is 6. The van der Waals surface area contributed by atoms with Crippen molar-refractivity contribution in [3.05, 3.63) is 39.9 Å². The van der Waals surface area contributed by atoms with E-state index in [1.807, 2.05) is 0 Å². The average Bonchev–Trinajstić information content (AvgIpc) is 2.39. The predicted octanol–water partition coefficient (Wildman–Crippen LogP) is 3.09. The first-order chi connectivity index (χ1) is 9.43. The van der Waals surface area contributed by atoms with Gasteiger partial charge in [0.2, 0.25) is 5.91 Å². The number of carbonyl (C=O) groups is 1. The highest BCUT2D eigenvalue weighted by Gasteiger charge is 2.15. The molecule has 0 heterocycles. The lowest BCUT2D eigenvalue weighted by atomic mass is 10.2. The zero-order chi connectivity index (χ0) is 15.1. The van der Waals surface area contributed by atoms with Crippen molar-refractivity contribution in [2.75, 3.05) is 19.7 Å². The normalized spacial score (nSPS) is 11.3. The number of carbonyl (C=O) groups excluding carboxylic acids is 1. The maximum absolute atomic E-state index is 12.3. The lowest BCUT2D eigenvalue weighted by Crippen LogP contribution is -2.36. The van der Waals surface area contributed by atoms with Crippen LogP contribution in [0.1, 0.15) is 5.56 Å². The van der Waals surface area contributed by atoms with Gasteiger partial charge in [-0.2, -0.15) is 0 Å². The van der Waals surface area contributed by atoms with Crippen molar-refractivity contribution in [1.29, 1.82) is 0 Å². The van der Waals surface area contributed by atoms with Crippen LogP contribution in [0.2, 0.25) is 10.0 Å². The minimum Gasteiger partial charge on any atom is -0.395 e. The molecule has 7 heteroatoms. The Morgan fingerprint density at radius 2 is 2.05 bits per heavy atom. The van der Waals surface area contributed by atoms with Crippen LogP contribution in [-0.2, 0) is 4.79 Å². The molecular formula is C13H13Cl2F2NO2. The van der Waals surface area contributed by atoms with Gasteiger partial charge >= 0.3 is 0 Å². The molecule has 110 valence electrons. The number of nitrogens with zero attached hydrogens (tertiary/aromatic N) is 1. The highest BCUT2D eigenvalue weighted by molar-refractivity contribution is 6.42. The first-order valence-electron chi connectivity index (χ1n) is 5.75. The molecule has 0 aromatic heterocycles. The van der Waals surface area contributed by atoms with E-state index in [4.69, 9.17) is 28.3 Å². The summed E-state index contributed by atoms with van der Waals surface area (Å²) in [5.41, 5.74) is 0.619. The summed E-state index contributed by atoms with van der Waals surface area (Å²) in [6.45, 7) is -1.24. The van der Waals surface area contributed by atoms with Crippen LogP contribution in [0.25, 0.3) is 6.08 Å². The quantitative estimate of drug-likeness (QED) is 0.817. The second kappa shape index (κ2) is 8.19. The lowest BCUT2D eigenvalue weighted by molar-refractivity contribution is -0.128. The van der Waals surface area contributed by atoms with Crippen LogP contribution in [0.15, 0.2) is 24.3 Å². The van der Waals surface area contributed by atoms with Crippen LogP contribution < -0.4 is 0 Å². The van der Waals surface area contributed by atoms with Crippen LogP contribution >= 0.6 is 23.2 Å². The highest BCUT2D eigenvalue weighted by Crippen LogP contribution is 2.23. The van der Waals surface area contributed by atoms with E-state index in [0.717, 1.165) is 11.0 Å². The molecule has 0 unspecified atom stereocenters. The van der Waals surface area contributed by atoms with Crippen LogP contribution in [-0.4, -0.2) is 42.0 Å². The summed E-state index contributed by atoms with van der Waals surface area (Å²) in [6.07, 6.45) is -0.0540. The van der Waals surface area contributed by atoms with Gasteiger partial charge in [-0.05, 0) is 23.8 Å². The molecule has 0 aliphatic heterocycles. The summed E-state index contributed by atoms with van der Waals surface area (Å²) in [7, 11) is 0. The largest absolute Gasteiger partial charge is 0.395 e. The summed E-state index contributed by atoms with van der Waals surface area (Å²) in [4.78, 5) is 12.6. The van der Waals surface area contributed by atoms with Crippen molar-refractivity contribution in [3.8, 4) is 0 Å². The van der Waals surface area contributed by atoms with E-state index in [1.54, 1.807) is 18.2 Å². The Morgan fingerprint density at radius 1 is 1.35 bits per heavy atom. The number of hydrogen-bond acceptors (Lipinski definition) is 2. The molecule has 0 saturated heterocycles. The van der Waals surface area contributed by atoms with Gasteiger partial charge in [0.1, 0.15) is 0 Å². The van der Waals surface area contributed by atoms with Crippen molar-refractivity contribution in [2.24, 2.45) is 0 Å².